The standard InChI is InChI=1S/C9H17N3O/c1-10-6-4-5-8-9(13-3)7-11-12(8)2/h7,10H,4-6H2,1-3H3. The zero-order valence-electron chi connectivity index (χ0n) is 8.50. The van der Waals surface area contributed by atoms with Crippen LogP contribution >= 0.6 is 0 Å². The van der Waals surface area contributed by atoms with Crippen molar-refractivity contribution in [1.82, 2.24) is 15.1 Å². The third kappa shape index (κ3) is 2.45. The molecule has 0 amide bonds. The van der Waals surface area contributed by atoms with Crippen LogP contribution in [0.4, 0.5) is 0 Å². The number of methoxy groups -OCH3 is 1. The van der Waals surface area contributed by atoms with Gasteiger partial charge in [-0.1, -0.05) is 0 Å². The summed E-state index contributed by atoms with van der Waals surface area (Å²) in [4.78, 5) is 0. The topological polar surface area (TPSA) is 39.1 Å². The largest absolute Gasteiger partial charge is 0.493 e. The minimum absolute atomic E-state index is 0.888. The van der Waals surface area contributed by atoms with Crippen LogP contribution < -0.4 is 10.1 Å². The average Bonchev–Trinajstić information content (AvgIpc) is 2.48. The maximum absolute atomic E-state index is 5.19. The monoisotopic (exact) mass is 183 g/mol. The van der Waals surface area contributed by atoms with Gasteiger partial charge < -0.3 is 10.1 Å². The second-order valence-corrected chi connectivity index (χ2v) is 2.99. The van der Waals surface area contributed by atoms with Crippen molar-refractivity contribution >= 4 is 0 Å². The predicted octanol–water partition coefficient (Wildman–Crippen LogP) is 0.581. The number of ether oxygens (including phenoxy) is 1. The predicted molar refractivity (Wildman–Crippen MR) is 52.0 cm³/mol. The molecule has 13 heavy (non-hydrogen) atoms. The molecule has 4 nitrogen and oxygen atoms in total. The van der Waals surface area contributed by atoms with E-state index < -0.39 is 0 Å². The molecule has 0 unspecified atom stereocenters. The van der Waals surface area contributed by atoms with Crippen LogP contribution in [0.2, 0.25) is 0 Å². The Hall–Kier alpha value is -1.03. The lowest BCUT2D eigenvalue weighted by molar-refractivity contribution is 0.407. The molecule has 0 fully saturated rings. The van der Waals surface area contributed by atoms with E-state index in [9.17, 15) is 0 Å². The van der Waals surface area contributed by atoms with E-state index in [2.05, 4.69) is 10.4 Å². The van der Waals surface area contributed by atoms with Crippen molar-refractivity contribution in [3.05, 3.63) is 11.9 Å². The molecule has 0 bridgehead atoms. The zero-order valence-corrected chi connectivity index (χ0v) is 8.50. The SMILES string of the molecule is CNCCCc1c(OC)cnn1C. The molecule has 0 aliphatic carbocycles. The van der Waals surface area contributed by atoms with Gasteiger partial charge in [-0.15, -0.1) is 0 Å². The van der Waals surface area contributed by atoms with Crippen molar-refractivity contribution in [2.75, 3.05) is 20.7 Å². The summed E-state index contributed by atoms with van der Waals surface area (Å²) in [5, 5.41) is 7.25. The van der Waals surface area contributed by atoms with Gasteiger partial charge in [0.15, 0.2) is 5.75 Å². The van der Waals surface area contributed by atoms with Crippen molar-refractivity contribution in [3.8, 4) is 5.75 Å². The van der Waals surface area contributed by atoms with Crippen LogP contribution in [0.5, 0.6) is 5.75 Å². The van der Waals surface area contributed by atoms with Gasteiger partial charge in [0.05, 0.1) is 19.0 Å². The lowest BCUT2D eigenvalue weighted by Gasteiger charge is -2.04. The molecule has 0 saturated heterocycles. The highest BCUT2D eigenvalue weighted by atomic mass is 16.5. The normalized spacial score (nSPS) is 10.4. The van der Waals surface area contributed by atoms with Crippen LogP contribution in [-0.4, -0.2) is 30.5 Å². The fourth-order valence-electron chi connectivity index (χ4n) is 1.33. The van der Waals surface area contributed by atoms with E-state index >= 15 is 0 Å². The van der Waals surface area contributed by atoms with Gasteiger partial charge in [-0.05, 0) is 26.4 Å². The van der Waals surface area contributed by atoms with E-state index in [4.69, 9.17) is 4.74 Å². The quantitative estimate of drug-likeness (QED) is 0.679. The molecule has 0 aromatic carbocycles. The van der Waals surface area contributed by atoms with E-state index in [1.807, 2.05) is 18.8 Å². The molecule has 0 aliphatic rings. The summed E-state index contributed by atoms with van der Waals surface area (Å²) in [5.74, 6) is 0.888. The average molecular weight is 183 g/mol. The maximum atomic E-state index is 5.19. The van der Waals surface area contributed by atoms with E-state index in [1.54, 1.807) is 13.3 Å². The Morgan fingerprint density at radius 3 is 3.00 bits per heavy atom. The lowest BCUT2D eigenvalue weighted by atomic mass is 10.2. The zero-order chi connectivity index (χ0) is 9.68. The van der Waals surface area contributed by atoms with Crippen molar-refractivity contribution in [2.45, 2.75) is 12.8 Å². The molecule has 0 atom stereocenters. The number of rotatable bonds is 5. The Morgan fingerprint density at radius 2 is 2.38 bits per heavy atom. The Kier molecular flexibility index (Phi) is 3.76. The first-order valence-corrected chi connectivity index (χ1v) is 4.49. The van der Waals surface area contributed by atoms with Crippen molar-refractivity contribution in [2.24, 2.45) is 7.05 Å². The molecule has 1 aromatic rings. The van der Waals surface area contributed by atoms with Crippen LogP contribution in [0.15, 0.2) is 6.20 Å². The Bertz CT molecular complexity index is 257. The highest BCUT2D eigenvalue weighted by Crippen LogP contribution is 2.17. The van der Waals surface area contributed by atoms with Gasteiger partial charge in [-0.25, -0.2) is 0 Å². The molecule has 1 heterocycles. The summed E-state index contributed by atoms with van der Waals surface area (Å²) in [6.45, 7) is 1.02. The molecule has 0 saturated carbocycles. The van der Waals surface area contributed by atoms with Gasteiger partial charge in [-0.3, -0.25) is 4.68 Å². The minimum Gasteiger partial charge on any atom is -0.493 e. The number of hydrogen-bond acceptors (Lipinski definition) is 3. The van der Waals surface area contributed by atoms with E-state index in [1.165, 1.54) is 0 Å². The summed E-state index contributed by atoms with van der Waals surface area (Å²) in [5.41, 5.74) is 1.16. The fraction of sp³-hybridized carbons (Fsp3) is 0.667. The molecule has 1 N–H and O–H groups in total. The summed E-state index contributed by atoms with van der Waals surface area (Å²) in [6.07, 6.45) is 3.86. The molecule has 74 valence electrons. The van der Waals surface area contributed by atoms with Gasteiger partial charge in [0.1, 0.15) is 0 Å². The first kappa shape index (κ1) is 10.1. The summed E-state index contributed by atoms with van der Waals surface area (Å²) >= 11 is 0. The minimum atomic E-state index is 0.888. The van der Waals surface area contributed by atoms with Crippen LogP contribution in [0, 0.1) is 0 Å². The van der Waals surface area contributed by atoms with Crippen molar-refractivity contribution in [3.63, 3.8) is 0 Å². The van der Waals surface area contributed by atoms with Gasteiger partial charge in [0.2, 0.25) is 0 Å². The highest BCUT2D eigenvalue weighted by Gasteiger charge is 2.07. The first-order valence-electron chi connectivity index (χ1n) is 4.49. The molecule has 1 rings (SSSR count). The first-order chi connectivity index (χ1) is 6.29. The van der Waals surface area contributed by atoms with Gasteiger partial charge in [0.25, 0.3) is 0 Å². The molecule has 4 heteroatoms. The smallest absolute Gasteiger partial charge is 0.159 e. The van der Waals surface area contributed by atoms with Crippen LogP contribution in [0.1, 0.15) is 12.1 Å². The number of aryl methyl sites for hydroxylation is 1. The molecule has 0 aliphatic heterocycles. The number of aromatic nitrogens is 2. The lowest BCUT2D eigenvalue weighted by Crippen LogP contribution is -2.10. The fourth-order valence-corrected chi connectivity index (χ4v) is 1.33. The Morgan fingerprint density at radius 1 is 1.62 bits per heavy atom. The highest BCUT2D eigenvalue weighted by molar-refractivity contribution is 5.24. The number of nitrogens with zero attached hydrogens (tertiary/aromatic N) is 2. The number of nitrogens with one attached hydrogen (secondary N) is 1. The Balaban J connectivity index is 2.57. The van der Waals surface area contributed by atoms with Crippen molar-refractivity contribution in [1.29, 1.82) is 0 Å². The molecule has 0 radical (unpaired) electrons. The molecular weight excluding hydrogens is 166 g/mol. The van der Waals surface area contributed by atoms with Gasteiger partial charge in [0, 0.05) is 7.05 Å². The van der Waals surface area contributed by atoms with Gasteiger partial charge >= 0.3 is 0 Å². The summed E-state index contributed by atoms with van der Waals surface area (Å²) < 4.78 is 7.06. The molecular formula is C9H17N3O. The third-order valence-electron chi connectivity index (χ3n) is 2.08. The molecule has 0 spiro atoms. The second kappa shape index (κ2) is 4.87. The maximum Gasteiger partial charge on any atom is 0.159 e. The Labute approximate surface area is 78.9 Å². The van der Waals surface area contributed by atoms with Crippen LogP contribution in [0.3, 0.4) is 0 Å². The van der Waals surface area contributed by atoms with Crippen molar-refractivity contribution < 1.29 is 4.74 Å². The van der Waals surface area contributed by atoms with E-state index in [-0.39, 0.29) is 0 Å². The van der Waals surface area contributed by atoms with Gasteiger partial charge in [-0.2, -0.15) is 5.10 Å². The third-order valence-corrected chi connectivity index (χ3v) is 2.08. The summed E-state index contributed by atoms with van der Waals surface area (Å²) in [7, 11) is 5.58. The summed E-state index contributed by atoms with van der Waals surface area (Å²) in [6, 6.07) is 0. The van der Waals surface area contributed by atoms with Crippen LogP contribution in [0.25, 0.3) is 0 Å². The second-order valence-electron chi connectivity index (χ2n) is 2.99. The number of hydrogen-bond donors (Lipinski definition) is 1. The van der Waals surface area contributed by atoms with Crippen LogP contribution in [-0.2, 0) is 13.5 Å². The van der Waals surface area contributed by atoms with E-state index in [0.29, 0.717) is 0 Å². The molecule has 1 aromatic heterocycles. The van der Waals surface area contributed by atoms with E-state index in [0.717, 1.165) is 30.8 Å².